The summed E-state index contributed by atoms with van der Waals surface area (Å²) in [4.78, 5) is 24.2. The molecule has 3 saturated carbocycles. The Morgan fingerprint density at radius 1 is 1.17 bits per heavy atom. The maximum Gasteiger partial charge on any atom is 0.333 e. The van der Waals surface area contributed by atoms with E-state index >= 15 is 0 Å². The lowest BCUT2D eigenvalue weighted by atomic mass is 9.75. The van der Waals surface area contributed by atoms with E-state index in [9.17, 15) is 19.3 Å². The van der Waals surface area contributed by atoms with Gasteiger partial charge in [-0.3, -0.25) is 9.36 Å². The highest BCUT2D eigenvalue weighted by Gasteiger charge is 2.60. The number of carbonyl (C=O) groups is 2. The van der Waals surface area contributed by atoms with Crippen LogP contribution in [-0.2, 0) is 32.7 Å². The molecule has 0 heterocycles. The van der Waals surface area contributed by atoms with Crippen molar-refractivity contribution in [1.82, 2.24) is 0 Å². The second-order valence-corrected chi connectivity index (χ2v) is 11.4. The predicted octanol–water partition coefficient (Wildman–Crippen LogP) is 2.79. The molecule has 30 heavy (non-hydrogen) atoms. The number of hydrogen-bond acceptors (Lipinski definition) is 8. The summed E-state index contributed by atoms with van der Waals surface area (Å²) in [6.07, 6.45) is 1.41. The Morgan fingerprint density at radius 3 is 2.43 bits per heavy atom. The van der Waals surface area contributed by atoms with E-state index in [1.165, 1.54) is 14.2 Å². The third kappa shape index (κ3) is 4.52. The Morgan fingerprint density at radius 2 is 1.83 bits per heavy atom. The lowest BCUT2D eigenvalue weighted by Gasteiger charge is -2.32. The topological polar surface area (TPSA) is 108 Å². The molecule has 170 valence electrons. The Bertz CT molecular complexity index is 729. The molecule has 3 fully saturated rings. The molecular weight excluding hydrogens is 411 g/mol. The van der Waals surface area contributed by atoms with E-state index in [4.69, 9.17) is 18.5 Å². The van der Waals surface area contributed by atoms with Crippen molar-refractivity contribution in [3.8, 4) is 0 Å². The Labute approximate surface area is 177 Å². The Hall–Kier alpha value is -1.21. The number of aliphatic hydroxyl groups excluding tert-OH is 1. The summed E-state index contributed by atoms with van der Waals surface area (Å²) in [5.74, 6) is -0.219. The van der Waals surface area contributed by atoms with Gasteiger partial charge in [0.05, 0.1) is 24.8 Å². The molecule has 8 unspecified atom stereocenters. The molecule has 0 saturated heterocycles. The summed E-state index contributed by atoms with van der Waals surface area (Å²) in [7, 11) is -0.694. The SMILES string of the molecule is C=C(C)C(=O)OC1CC2C3CC(COC(=O)C(C)CP(=O)(OC)OC)C(C3)C2C1O. The van der Waals surface area contributed by atoms with Crippen LogP contribution in [0.25, 0.3) is 0 Å². The summed E-state index contributed by atoms with van der Waals surface area (Å²) in [5, 5.41) is 10.8. The van der Waals surface area contributed by atoms with Crippen molar-refractivity contribution in [3.05, 3.63) is 12.2 Å². The van der Waals surface area contributed by atoms with Crippen LogP contribution in [0, 0.1) is 35.5 Å². The zero-order valence-corrected chi connectivity index (χ0v) is 19.0. The van der Waals surface area contributed by atoms with Gasteiger partial charge in [0.25, 0.3) is 0 Å². The number of esters is 2. The molecule has 0 aromatic rings. The van der Waals surface area contributed by atoms with Crippen molar-refractivity contribution in [2.75, 3.05) is 27.0 Å². The average Bonchev–Trinajstić information content (AvgIpc) is 3.37. The largest absolute Gasteiger partial charge is 0.465 e. The molecule has 1 N–H and O–H groups in total. The summed E-state index contributed by atoms with van der Waals surface area (Å²) in [5.41, 5.74) is 0.327. The molecule has 0 amide bonds. The molecule has 3 aliphatic carbocycles. The first-order valence-electron chi connectivity index (χ1n) is 10.5. The van der Waals surface area contributed by atoms with Crippen molar-refractivity contribution in [2.45, 2.75) is 45.3 Å². The molecule has 3 aliphatic rings. The second-order valence-electron chi connectivity index (χ2n) is 9.04. The maximum atomic E-state index is 12.4. The Kier molecular flexibility index (Phi) is 7.12. The van der Waals surface area contributed by atoms with Gasteiger partial charge in [-0.1, -0.05) is 13.5 Å². The van der Waals surface area contributed by atoms with Crippen LogP contribution in [0.2, 0.25) is 0 Å². The van der Waals surface area contributed by atoms with E-state index in [1.807, 2.05) is 0 Å². The average molecular weight is 444 g/mol. The molecule has 0 aromatic carbocycles. The van der Waals surface area contributed by atoms with Crippen LogP contribution in [0.3, 0.4) is 0 Å². The minimum absolute atomic E-state index is 0.0330. The summed E-state index contributed by atoms with van der Waals surface area (Å²) >= 11 is 0. The van der Waals surface area contributed by atoms with E-state index in [1.54, 1.807) is 13.8 Å². The summed E-state index contributed by atoms with van der Waals surface area (Å²) in [6.45, 7) is 7.12. The number of fused-ring (bicyclic) bond motifs is 5. The standard InChI is InChI=1S/C21H33O8P/c1-11(2)20(23)29-17-8-16-13-6-14(15(7-13)18(16)19(17)22)9-28-21(24)12(3)10-30(25,26-4)27-5/h12-19,22H,1,6-10H2,2-5H3. The molecule has 0 spiro atoms. The molecule has 0 aromatic heterocycles. The van der Waals surface area contributed by atoms with Crippen molar-refractivity contribution < 1.29 is 37.8 Å². The quantitative estimate of drug-likeness (QED) is 0.329. The van der Waals surface area contributed by atoms with Crippen molar-refractivity contribution in [1.29, 1.82) is 0 Å². The van der Waals surface area contributed by atoms with Crippen LogP contribution in [0.1, 0.15) is 33.1 Å². The van der Waals surface area contributed by atoms with Gasteiger partial charge >= 0.3 is 19.5 Å². The van der Waals surface area contributed by atoms with Crippen LogP contribution in [0.15, 0.2) is 12.2 Å². The van der Waals surface area contributed by atoms with E-state index in [-0.39, 0.29) is 30.5 Å². The van der Waals surface area contributed by atoms with Crippen LogP contribution in [0.5, 0.6) is 0 Å². The first kappa shape index (κ1) is 23.5. The Balaban J connectivity index is 1.54. The molecule has 3 rings (SSSR count). The van der Waals surface area contributed by atoms with E-state index in [0.717, 1.165) is 12.8 Å². The first-order chi connectivity index (χ1) is 14.1. The van der Waals surface area contributed by atoms with Gasteiger partial charge < -0.3 is 23.6 Å². The van der Waals surface area contributed by atoms with Crippen molar-refractivity contribution in [3.63, 3.8) is 0 Å². The molecular formula is C21H33O8P. The lowest BCUT2D eigenvalue weighted by Crippen LogP contribution is -2.37. The number of hydrogen-bond donors (Lipinski definition) is 1. The van der Waals surface area contributed by atoms with Crippen LogP contribution >= 0.6 is 7.60 Å². The summed E-state index contributed by atoms with van der Waals surface area (Å²) < 4.78 is 33.0. The predicted molar refractivity (Wildman–Crippen MR) is 109 cm³/mol. The second kappa shape index (κ2) is 9.11. The van der Waals surface area contributed by atoms with Gasteiger partial charge in [-0.15, -0.1) is 0 Å². The highest BCUT2D eigenvalue weighted by Crippen LogP contribution is 2.61. The van der Waals surface area contributed by atoms with E-state index in [2.05, 4.69) is 6.58 Å². The third-order valence-electron chi connectivity index (χ3n) is 7.16. The zero-order chi connectivity index (χ0) is 22.2. The number of aliphatic hydroxyl groups is 1. The van der Waals surface area contributed by atoms with Gasteiger partial charge in [-0.05, 0) is 55.8 Å². The molecule has 8 nitrogen and oxygen atoms in total. The minimum Gasteiger partial charge on any atom is -0.465 e. The molecule has 9 heteroatoms. The van der Waals surface area contributed by atoms with Gasteiger partial charge in [-0.25, -0.2) is 4.79 Å². The molecule has 0 radical (unpaired) electrons. The van der Waals surface area contributed by atoms with Gasteiger partial charge in [0.15, 0.2) is 0 Å². The molecule has 2 bridgehead atoms. The fourth-order valence-electron chi connectivity index (χ4n) is 5.68. The van der Waals surface area contributed by atoms with Crippen LogP contribution in [0.4, 0.5) is 0 Å². The van der Waals surface area contributed by atoms with E-state index in [0.29, 0.717) is 23.8 Å². The van der Waals surface area contributed by atoms with Crippen LogP contribution < -0.4 is 0 Å². The zero-order valence-electron chi connectivity index (χ0n) is 18.1. The van der Waals surface area contributed by atoms with Crippen molar-refractivity contribution >= 4 is 19.5 Å². The van der Waals surface area contributed by atoms with Gasteiger partial charge in [0.1, 0.15) is 6.10 Å². The molecule has 0 aliphatic heterocycles. The smallest absolute Gasteiger partial charge is 0.333 e. The maximum absolute atomic E-state index is 12.4. The van der Waals surface area contributed by atoms with Gasteiger partial charge in [0.2, 0.25) is 0 Å². The van der Waals surface area contributed by atoms with Gasteiger partial charge in [0, 0.05) is 19.8 Å². The third-order valence-corrected chi connectivity index (χ3v) is 9.27. The molecule has 8 atom stereocenters. The number of ether oxygens (including phenoxy) is 2. The fourth-order valence-corrected chi connectivity index (χ4v) is 6.95. The van der Waals surface area contributed by atoms with E-state index < -0.39 is 37.7 Å². The fraction of sp³-hybridized carbons (Fsp3) is 0.810. The number of carbonyl (C=O) groups excluding carboxylic acids is 2. The lowest BCUT2D eigenvalue weighted by molar-refractivity contribution is -0.152. The van der Waals surface area contributed by atoms with Crippen molar-refractivity contribution in [2.24, 2.45) is 35.5 Å². The highest BCUT2D eigenvalue weighted by molar-refractivity contribution is 7.53. The highest BCUT2D eigenvalue weighted by atomic mass is 31.2. The normalized spacial score (nSPS) is 35.7. The minimum atomic E-state index is -3.28. The van der Waals surface area contributed by atoms with Gasteiger partial charge in [-0.2, -0.15) is 0 Å². The number of rotatable bonds is 9. The monoisotopic (exact) mass is 444 g/mol. The first-order valence-corrected chi connectivity index (χ1v) is 12.2. The summed E-state index contributed by atoms with van der Waals surface area (Å²) in [6, 6.07) is 0. The van der Waals surface area contributed by atoms with Crippen LogP contribution in [-0.4, -0.2) is 56.2 Å².